The van der Waals surface area contributed by atoms with Gasteiger partial charge in [-0.05, 0) is 37.1 Å². The lowest BCUT2D eigenvalue weighted by Gasteiger charge is -2.18. The smallest absolute Gasteiger partial charge is 0.434 e. The summed E-state index contributed by atoms with van der Waals surface area (Å²) in [6.07, 6.45) is -1.49. The zero-order valence-corrected chi connectivity index (χ0v) is 22.1. The topological polar surface area (TPSA) is 146 Å². The van der Waals surface area contributed by atoms with Gasteiger partial charge in [0.25, 0.3) is 0 Å². The zero-order chi connectivity index (χ0) is 29.2. The zero-order valence-electron chi connectivity index (χ0n) is 21.2. The number of hydrogen-bond acceptors (Lipinski definition) is 7. The fourth-order valence-electron chi connectivity index (χ4n) is 3.99. The first-order chi connectivity index (χ1) is 18.9. The molecular formula is C26H24F3N5O5S. The average molecular weight is 576 g/mol. The van der Waals surface area contributed by atoms with Gasteiger partial charge in [-0.3, -0.25) is 10.1 Å². The summed E-state index contributed by atoms with van der Waals surface area (Å²) >= 11 is 0.744. The number of urea groups is 1. The number of carbonyl (C=O) groups is 2. The van der Waals surface area contributed by atoms with Crippen molar-refractivity contribution in [3.05, 3.63) is 63.5 Å². The Hall–Kier alpha value is -4.30. The normalized spacial score (nSPS) is 12.3. The van der Waals surface area contributed by atoms with E-state index < -0.39 is 40.9 Å². The first-order valence-corrected chi connectivity index (χ1v) is 12.9. The van der Waals surface area contributed by atoms with Crippen molar-refractivity contribution in [2.45, 2.75) is 32.5 Å². The Labute approximate surface area is 229 Å². The number of nitrogens with zero attached hydrogens (tertiary/aromatic N) is 3. The van der Waals surface area contributed by atoms with Gasteiger partial charge in [0.2, 0.25) is 5.43 Å². The van der Waals surface area contributed by atoms with Crippen LogP contribution in [0.15, 0.2) is 46.8 Å². The Morgan fingerprint density at radius 3 is 2.58 bits per heavy atom. The maximum atomic E-state index is 13.3. The van der Waals surface area contributed by atoms with E-state index >= 15 is 0 Å². The van der Waals surface area contributed by atoms with Crippen molar-refractivity contribution in [2.24, 2.45) is 0 Å². The maximum absolute atomic E-state index is 13.3. The molecule has 14 heteroatoms. The molecule has 0 radical (unpaired) electrons. The number of amides is 2. The van der Waals surface area contributed by atoms with Crippen molar-refractivity contribution < 1.29 is 33.0 Å². The van der Waals surface area contributed by atoms with Gasteiger partial charge >= 0.3 is 18.2 Å². The Balaban J connectivity index is 1.92. The highest BCUT2D eigenvalue weighted by Gasteiger charge is 2.34. The molecule has 1 atom stereocenters. The van der Waals surface area contributed by atoms with Gasteiger partial charge in [-0.1, -0.05) is 13.0 Å². The number of anilines is 1. The monoisotopic (exact) mass is 575 g/mol. The van der Waals surface area contributed by atoms with Crippen LogP contribution in [0.2, 0.25) is 0 Å². The minimum atomic E-state index is -4.67. The molecule has 4 rings (SSSR count). The third kappa shape index (κ3) is 5.82. The Bertz CT molecular complexity index is 1650. The van der Waals surface area contributed by atoms with E-state index in [0.717, 1.165) is 16.7 Å². The number of alkyl halides is 3. The number of nitrogens with one attached hydrogen (secondary N) is 2. The summed E-state index contributed by atoms with van der Waals surface area (Å²) < 4.78 is 41.5. The second kappa shape index (κ2) is 11.4. The molecule has 40 heavy (non-hydrogen) atoms. The van der Waals surface area contributed by atoms with E-state index in [1.807, 2.05) is 6.92 Å². The molecule has 3 heterocycles. The number of aromatic carboxylic acids is 1. The third-order valence-corrected chi connectivity index (χ3v) is 6.89. The minimum Gasteiger partial charge on any atom is -0.477 e. The largest absolute Gasteiger partial charge is 0.477 e. The van der Waals surface area contributed by atoms with Crippen LogP contribution in [0.5, 0.6) is 0 Å². The second-order valence-corrected chi connectivity index (χ2v) is 9.74. The molecule has 210 valence electrons. The van der Waals surface area contributed by atoms with Crippen LogP contribution in [0.4, 0.5) is 23.8 Å². The van der Waals surface area contributed by atoms with Gasteiger partial charge in [0.05, 0.1) is 18.2 Å². The Kier molecular flexibility index (Phi) is 8.21. The van der Waals surface area contributed by atoms with Crippen molar-refractivity contribution in [2.75, 3.05) is 18.5 Å². The van der Waals surface area contributed by atoms with Gasteiger partial charge < -0.3 is 20.1 Å². The number of aliphatic hydroxyl groups excluding tert-OH is 1. The summed E-state index contributed by atoms with van der Waals surface area (Å²) in [6.45, 7) is 3.60. The number of hydrogen-bond donors (Lipinski definition) is 4. The number of aliphatic hydroxyl groups is 1. The Morgan fingerprint density at radius 2 is 1.95 bits per heavy atom. The lowest BCUT2D eigenvalue weighted by molar-refractivity contribution is -0.140. The first-order valence-electron chi connectivity index (χ1n) is 12.1. The minimum absolute atomic E-state index is 0.00700. The van der Waals surface area contributed by atoms with Crippen LogP contribution in [-0.2, 0) is 6.18 Å². The molecule has 0 saturated heterocycles. The maximum Gasteiger partial charge on any atom is 0.434 e. The fourth-order valence-corrected chi connectivity index (χ4v) is 4.84. The van der Waals surface area contributed by atoms with Gasteiger partial charge in [-0.2, -0.15) is 13.2 Å². The number of halogens is 3. The number of aromatic nitrogens is 3. The highest BCUT2D eigenvalue weighted by Crippen LogP contribution is 2.39. The summed E-state index contributed by atoms with van der Waals surface area (Å²) in [6, 6.07) is 4.86. The molecule has 0 saturated carbocycles. The van der Waals surface area contributed by atoms with Crippen LogP contribution in [0, 0.1) is 0 Å². The van der Waals surface area contributed by atoms with E-state index in [-0.39, 0.29) is 28.4 Å². The molecule has 0 aliphatic rings. The number of fused-ring (bicyclic) bond motifs is 1. The quantitative estimate of drug-likeness (QED) is 0.232. The van der Waals surface area contributed by atoms with Gasteiger partial charge in [0, 0.05) is 40.8 Å². The van der Waals surface area contributed by atoms with E-state index in [1.54, 1.807) is 19.1 Å². The predicted molar refractivity (Wildman–Crippen MR) is 144 cm³/mol. The fraction of sp³-hybridized carbons (Fsp3) is 0.269. The van der Waals surface area contributed by atoms with Crippen LogP contribution >= 0.6 is 11.3 Å². The number of carboxylic acid groups (broad SMARTS) is 1. The lowest BCUT2D eigenvalue weighted by Crippen LogP contribution is -2.29. The molecule has 2 amide bonds. The summed E-state index contributed by atoms with van der Waals surface area (Å²) in [7, 11) is 0. The first kappa shape index (κ1) is 28.7. The van der Waals surface area contributed by atoms with Crippen LogP contribution in [-0.4, -0.2) is 49.9 Å². The summed E-state index contributed by atoms with van der Waals surface area (Å²) in [4.78, 5) is 45.0. The molecule has 10 nitrogen and oxygen atoms in total. The van der Waals surface area contributed by atoms with Crippen molar-refractivity contribution >= 4 is 40.1 Å². The van der Waals surface area contributed by atoms with Crippen molar-refractivity contribution in [1.29, 1.82) is 0 Å². The van der Waals surface area contributed by atoms with Gasteiger partial charge in [-0.15, -0.1) is 11.3 Å². The standard InChI is InChI=1S/C26H24F3N5O5S/c1-3-6-30-25(39)33-21-8-15(23-32-20(12-40-23)26(27,28)29)17(9-31-21)14-4-5-19-16(7-14)22(36)18(24(37)38)10-34(19)13(2)11-35/h4-5,7-10,12-13,35H,3,6,11H2,1-2H3,(H,37,38)(H2,30,31,33,39)/t13-/m0/s1. The van der Waals surface area contributed by atoms with Crippen LogP contribution in [0.3, 0.4) is 0 Å². The van der Waals surface area contributed by atoms with Crippen molar-refractivity contribution in [3.63, 3.8) is 0 Å². The number of benzene rings is 1. The highest BCUT2D eigenvalue weighted by atomic mass is 32.1. The summed E-state index contributed by atoms with van der Waals surface area (Å²) in [5.74, 6) is -1.39. The lowest BCUT2D eigenvalue weighted by atomic mass is 9.99. The van der Waals surface area contributed by atoms with Crippen molar-refractivity contribution in [1.82, 2.24) is 19.9 Å². The van der Waals surface area contributed by atoms with Gasteiger partial charge in [0.1, 0.15) is 16.4 Å². The second-order valence-electron chi connectivity index (χ2n) is 8.88. The van der Waals surface area contributed by atoms with E-state index in [1.165, 1.54) is 29.1 Å². The van der Waals surface area contributed by atoms with Crippen LogP contribution in [0.1, 0.15) is 42.4 Å². The summed E-state index contributed by atoms with van der Waals surface area (Å²) in [5.41, 5.74) is -1.14. The number of rotatable bonds is 8. The molecule has 4 N–H and O–H groups in total. The van der Waals surface area contributed by atoms with Crippen LogP contribution < -0.4 is 16.1 Å². The van der Waals surface area contributed by atoms with E-state index in [9.17, 15) is 37.8 Å². The molecule has 0 fully saturated rings. The van der Waals surface area contributed by atoms with E-state index in [2.05, 4.69) is 20.6 Å². The predicted octanol–water partition coefficient (Wildman–Crippen LogP) is 4.99. The molecule has 0 spiro atoms. The molecule has 0 aliphatic carbocycles. The molecular weight excluding hydrogens is 551 g/mol. The third-order valence-electron chi connectivity index (χ3n) is 6.02. The van der Waals surface area contributed by atoms with Crippen LogP contribution in [0.25, 0.3) is 32.6 Å². The van der Waals surface area contributed by atoms with Gasteiger partial charge in [0.15, 0.2) is 5.69 Å². The average Bonchev–Trinajstić information content (AvgIpc) is 3.42. The molecule has 4 aromatic rings. The summed E-state index contributed by atoms with van der Waals surface area (Å²) in [5, 5.41) is 25.3. The number of carbonyl (C=O) groups excluding carboxylic acids is 1. The molecule has 1 aromatic carbocycles. The molecule has 0 bridgehead atoms. The number of pyridine rings is 2. The molecule has 0 aliphatic heterocycles. The molecule has 0 unspecified atom stereocenters. The number of thiazole rings is 1. The Morgan fingerprint density at radius 1 is 1.20 bits per heavy atom. The molecule has 3 aromatic heterocycles. The van der Waals surface area contributed by atoms with Crippen molar-refractivity contribution in [3.8, 4) is 21.7 Å². The van der Waals surface area contributed by atoms with E-state index in [0.29, 0.717) is 29.6 Å². The van der Waals surface area contributed by atoms with E-state index in [4.69, 9.17) is 0 Å². The highest BCUT2D eigenvalue weighted by molar-refractivity contribution is 7.13. The number of carboxylic acids is 1. The van der Waals surface area contributed by atoms with Gasteiger partial charge in [-0.25, -0.2) is 19.6 Å². The SMILES string of the molecule is CCCNC(=O)Nc1cc(-c2nc(C(F)(F)F)cs2)c(-c2ccc3c(c2)c(=O)c(C(=O)O)cn3[C@@H](C)CO)cn1.